The van der Waals surface area contributed by atoms with Gasteiger partial charge >= 0.3 is 0 Å². The van der Waals surface area contributed by atoms with Crippen LogP contribution in [0.4, 0.5) is 0 Å². The second-order valence-electron chi connectivity index (χ2n) is 31.2. The topological polar surface area (TPSA) is 14.8 Å². The predicted molar refractivity (Wildman–Crippen MR) is 367 cm³/mol. The van der Waals surface area contributed by atoms with Crippen molar-refractivity contribution in [2.45, 2.75) is 164 Å². The van der Waals surface area contributed by atoms with Gasteiger partial charge in [-0.25, -0.2) is 0 Å². The van der Waals surface area contributed by atoms with Gasteiger partial charge in [-0.15, -0.1) is 0 Å². The Hall–Kier alpha value is -7.34. The van der Waals surface area contributed by atoms with Gasteiger partial charge in [-0.2, -0.15) is 0 Å². The summed E-state index contributed by atoms with van der Waals surface area (Å²) in [5.41, 5.74) is 28.5. The van der Waals surface area contributed by atoms with E-state index in [0.29, 0.717) is 17.8 Å². The second kappa shape index (κ2) is 16.5. The van der Waals surface area contributed by atoms with E-state index in [-0.39, 0.29) is 28.4 Å². The van der Waals surface area contributed by atoms with Crippen molar-refractivity contribution in [3.05, 3.63) is 178 Å². The fraction of sp³-hybridized carbons (Fsp3) is 0.316. The van der Waals surface area contributed by atoms with Crippen LogP contribution in [0.2, 0.25) is 0 Å². The number of fused-ring (bicyclic) bond motifs is 18. The molecule has 4 aliphatic rings. The van der Waals surface area contributed by atoms with Crippen LogP contribution in [0, 0.1) is 0 Å². The standard InChI is InChI=1S/C79H80BN3Si/c1-42(2)45-19-25-52(26-20-45)81-61-30-22-46(43(3)4)33-58(61)69-64(81)41-60-74-70(69)55-27-21-47(44(5)6)34-63(55)82(74)62-31-32-65-75-71(62)80(60)59-37-50(78(13,14)15)35-56-57-36-51(79(16,17)18)40-68(73(57)83(75)72(56)59)84(65)66-38-48(76(7,8)9)23-28-53(66)54-29-24-49(39-67(54)84)77(10,11)12/h19-44H,1-18H3. The first kappa shape index (κ1) is 52.2. The van der Waals surface area contributed by atoms with Gasteiger partial charge in [0.2, 0.25) is 0 Å². The smallest absolute Gasteiger partial charge is 0.252 e. The summed E-state index contributed by atoms with van der Waals surface area (Å²) in [5, 5.41) is 14.4. The minimum absolute atomic E-state index is 0.0460. The third-order valence-electron chi connectivity index (χ3n) is 21.0. The van der Waals surface area contributed by atoms with Gasteiger partial charge < -0.3 is 13.7 Å². The summed E-state index contributed by atoms with van der Waals surface area (Å²) in [6.07, 6.45) is 0. The summed E-state index contributed by atoms with van der Waals surface area (Å²) < 4.78 is 8.27. The van der Waals surface area contributed by atoms with E-state index in [9.17, 15) is 0 Å². The largest absolute Gasteiger partial charge is 0.310 e. The molecule has 5 heteroatoms. The summed E-state index contributed by atoms with van der Waals surface area (Å²) >= 11 is 0. The average Bonchev–Trinajstić information content (AvgIpc) is 1.45. The lowest BCUT2D eigenvalue weighted by Gasteiger charge is -2.43. The van der Waals surface area contributed by atoms with Crippen LogP contribution in [0.15, 0.2) is 140 Å². The fourth-order valence-corrected chi connectivity index (χ4v) is 21.9. The maximum atomic E-state index is 2.86. The lowest BCUT2D eigenvalue weighted by molar-refractivity contribution is 0.590. The molecule has 0 bridgehead atoms. The average molecular weight is 1110 g/mol. The van der Waals surface area contributed by atoms with Crippen molar-refractivity contribution in [1.82, 2.24) is 13.7 Å². The predicted octanol–water partition coefficient (Wildman–Crippen LogP) is 16.4. The summed E-state index contributed by atoms with van der Waals surface area (Å²) in [5.74, 6) is 1.19. The van der Waals surface area contributed by atoms with E-state index in [2.05, 4.69) is 278 Å². The van der Waals surface area contributed by atoms with Crippen molar-refractivity contribution in [1.29, 1.82) is 0 Å². The summed E-state index contributed by atoms with van der Waals surface area (Å²) in [7, 11) is -3.22. The molecule has 9 aromatic carbocycles. The molecular formula is C79H80BN3Si. The normalized spacial score (nSPS) is 14.9. The molecule has 0 N–H and O–H groups in total. The zero-order valence-electron chi connectivity index (χ0n) is 52.9. The molecule has 0 atom stereocenters. The first-order chi connectivity index (χ1) is 39.7. The number of aromatic nitrogens is 3. The summed E-state index contributed by atoms with van der Waals surface area (Å²) in [6, 6.07) is 58.5. The summed E-state index contributed by atoms with van der Waals surface area (Å²) in [4.78, 5) is 0. The van der Waals surface area contributed by atoms with E-state index < -0.39 is 8.07 Å². The highest BCUT2D eigenvalue weighted by Gasteiger charge is 2.57. The molecule has 0 aliphatic carbocycles. The first-order valence-corrected chi connectivity index (χ1v) is 33.5. The number of rotatable bonds is 4. The monoisotopic (exact) mass is 1110 g/mol. The highest BCUT2D eigenvalue weighted by Crippen LogP contribution is 2.49. The fourth-order valence-electron chi connectivity index (χ4n) is 16.2. The Morgan fingerprint density at radius 3 is 1.49 bits per heavy atom. The lowest BCUT2D eigenvalue weighted by Crippen LogP contribution is -2.77. The van der Waals surface area contributed by atoms with Gasteiger partial charge in [0, 0.05) is 54.9 Å². The van der Waals surface area contributed by atoms with E-state index in [0.717, 1.165) is 0 Å². The molecule has 12 aromatic rings. The van der Waals surface area contributed by atoms with E-state index >= 15 is 0 Å². The molecule has 0 unspecified atom stereocenters. The molecule has 0 radical (unpaired) electrons. The Kier molecular flexibility index (Phi) is 10.3. The first-order valence-electron chi connectivity index (χ1n) is 31.5. The Balaban J connectivity index is 1.17. The van der Waals surface area contributed by atoms with Gasteiger partial charge in [-0.05, 0) is 181 Å². The third kappa shape index (κ3) is 6.60. The summed E-state index contributed by atoms with van der Waals surface area (Å²) in [6.45, 7) is 43.0. The van der Waals surface area contributed by atoms with Crippen LogP contribution in [0.1, 0.15) is 181 Å². The second-order valence-corrected chi connectivity index (χ2v) is 34.8. The highest BCUT2D eigenvalue weighted by atomic mass is 28.3. The molecule has 4 aliphatic heterocycles. The van der Waals surface area contributed by atoms with Gasteiger partial charge in [-0.1, -0.05) is 210 Å². The van der Waals surface area contributed by atoms with Crippen molar-refractivity contribution < 1.29 is 0 Å². The number of hydrogen-bond donors (Lipinski definition) is 0. The van der Waals surface area contributed by atoms with Gasteiger partial charge in [0.25, 0.3) is 6.71 Å². The maximum Gasteiger partial charge on any atom is 0.252 e. The molecule has 84 heavy (non-hydrogen) atoms. The molecule has 0 saturated carbocycles. The van der Waals surface area contributed by atoms with Gasteiger partial charge in [-0.3, -0.25) is 0 Å². The molecule has 418 valence electrons. The van der Waals surface area contributed by atoms with Crippen LogP contribution >= 0.6 is 0 Å². The Morgan fingerprint density at radius 1 is 0.357 bits per heavy atom. The Bertz CT molecular complexity index is 4900. The lowest BCUT2D eigenvalue weighted by atomic mass is 9.34. The maximum absolute atomic E-state index is 3.22. The van der Waals surface area contributed by atoms with Gasteiger partial charge in [0.1, 0.15) is 0 Å². The van der Waals surface area contributed by atoms with Crippen LogP contribution in [0.3, 0.4) is 0 Å². The molecule has 0 saturated heterocycles. The Labute approximate surface area is 498 Å². The minimum Gasteiger partial charge on any atom is -0.310 e. The molecule has 16 rings (SSSR count). The molecular weight excluding hydrogens is 1030 g/mol. The molecule has 0 fully saturated rings. The van der Waals surface area contributed by atoms with E-state index in [1.54, 1.807) is 15.6 Å². The number of benzene rings is 9. The van der Waals surface area contributed by atoms with Crippen LogP contribution in [-0.4, -0.2) is 28.5 Å². The molecule has 3 nitrogen and oxygen atoms in total. The van der Waals surface area contributed by atoms with E-state index in [1.807, 2.05) is 0 Å². The Morgan fingerprint density at radius 2 is 0.893 bits per heavy atom. The minimum atomic E-state index is -3.22. The third-order valence-corrected chi connectivity index (χ3v) is 25.8. The zero-order chi connectivity index (χ0) is 58.7. The van der Waals surface area contributed by atoms with Crippen LogP contribution in [0.25, 0.3) is 93.6 Å². The molecule has 0 amide bonds. The van der Waals surface area contributed by atoms with Crippen LogP contribution in [-0.2, 0) is 21.7 Å². The number of hydrogen-bond acceptors (Lipinski definition) is 0. The van der Waals surface area contributed by atoms with Crippen LogP contribution in [0.5, 0.6) is 0 Å². The highest BCUT2D eigenvalue weighted by molar-refractivity contribution is 7.24. The van der Waals surface area contributed by atoms with Crippen molar-refractivity contribution in [2.75, 3.05) is 0 Å². The van der Waals surface area contributed by atoms with E-state index in [1.165, 1.54) is 154 Å². The molecule has 1 spiro atoms. The van der Waals surface area contributed by atoms with Gasteiger partial charge in [0.05, 0.1) is 27.6 Å². The van der Waals surface area contributed by atoms with E-state index in [4.69, 9.17) is 0 Å². The van der Waals surface area contributed by atoms with Crippen molar-refractivity contribution in [2.24, 2.45) is 0 Å². The van der Waals surface area contributed by atoms with Crippen molar-refractivity contribution in [3.63, 3.8) is 0 Å². The van der Waals surface area contributed by atoms with Crippen molar-refractivity contribution in [3.8, 4) is 28.2 Å². The molecule has 3 aromatic heterocycles. The molecule has 7 heterocycles. The number of nitrogens with zero attached hydrogens (tertiary/aromatic N) is 3. The SMILES string of the molecule is CC(C)c1ccc(-n2c3ccc(C(C)C)cc3c3c4c5ccc(C(C)C)cc5n5c4c(cc32)B2c3c-5ccc4c3-n3c5c2cc(C(C)(C)C)cc5c2cc(C(C)(C)C)cc(c23)[Si]42c3cc(C(C)(C)C)ccc3-c3ccc(C(C)(C)C)cc32)cc1. The zero-order valence-corrected chi connectivity index (χ0v) is 53.9. The van der Waals surface area contributed by atoms with Crippen LogP contribution < -0.4 is 37.1 Å². The van der Waals surface area contributed by atoms with Gasteiger partial charge in [0.15, 0.2) is 8.07 Å². The van der Waals surface area contributed by atoms with Crippen molar-refractivity contribution >= 4 is 117 Å². The quantitative estimate of drug-likeness (QED) is 0.156.